The van der Waals surface area contributed by atoms with Crippen molar-refractivity contribution >= 4 is 21.6 Å². The molecule has 0 aromatic heterocycles. The zero-order valence-electron chi connectivity index (χ0n) is 10.2. The van der Waals surface area contributed by atoms with Crippen LogP contribution >= 0.6 is 15.9 Å². The molecule has 1 atom stereocenters. The van der Waals surface area contributed by atoms with Gasteiger partial charge in [0.15, 0.2) is 0 Å². The summed E-state index contributed by atoms with van der Waals surface area (Å²) in [5.74, 6) is 0. The number of ether oxygens (including phenoxy) is 1. The van der Waals surface area contributed by atoms with Crippen LogP contribution in [0.4, 0.5) is 5.69 Å². The lowest BCUT2D eigenvalue weighted by Crippen LogP contribution is -2.32. The molecule has 1 aromatic rings. The number of aliphatic hydroxyl groups excluding tert-OH is 1. The number of hydrogen-bond donors (Lipinski definition) is 2. The smallest absolute Gasteiger partial charge is 0.0947 e. The van der Waals surface area contributed by atoms with Crippen LogP contribution < -0.4 is 10.6 Å². The lowest BCUT2D eigenvalue weighted by molar-refractivity contribution is 0.0695. The van der Waals surface area contributed by atoms with E-state index in [1.165, 1.54) is 0 Å². The molecule has 1 rings (SSSR count). The van der Waals surface area contributed by atoms with Crippen molar-refractivity contribution in [3.05, 3.63) is 28.2 Å². The highest BCUT2D eigenvalue weighted by atomic mass is 79.9. The van der Waals surface area contributed by atoms with Crippen molar-refractivity contribution in [3.8, 4) is 0 Å². The van der Waals surface area contributed by atoms with E-state index in [9.17, 15) is 5.11 Å². The van der Waals surface area contributed by atoms with E-state index in [1.54, 1.807) is 7.11 Å². The fourth-order valence-corrected chi connectivity index (χ4v) is 2.38. The van der Waals surface area contributed by atoms with E-state index in [2.05, 4.69) is 15.9 Å². The first kappa shape index (κ1) is 14.4. The van der Waals surface area contributed by atoms with Crippen molar-refractivity contribution in [2.75, 3.05) is 32.2 Å². The molecule has 0 radical (unpaired) electrons. The Morgan fingerprint density at radius 1 is 1.53 bits per heavy atom. The molecule has 0 bridgehead atoms. The summed E-state index contributed by atoms with van der Waals surface area (Å²) in [6, 6.07) is 5.97. The van der Waals surface area contributed by atoms with Crippen LogP contribution in [0.15, 0.2) is 22.7 Å². The molecule has 4 nitrogen and oxygen atoms in total. The van der Waals surface area contributed by atoms with Crippen molar-refractivity contribution in [1.82, 2.24) is 0 Å². The van der Waals surface area contributed by atoms with Gasteiger partial charge in [0.1, 0.15) is 0 Å². The number of anilines is 1. The van der Waals surface area contributed by atoms with Crippen molar-refractivity contribution in [2.45, 2.75) is 12.6 Å². The summed E-state index contributed by atoms with van der Waals surface area (Å²) in [5, 5.41) is 9.67. The Balaban J connectivity index is 2.71. The van der Waals surface area contributed by atoms with E-state index in [0.29, 0.717) is 19.7 Å². The first-order valence-corrected chi connectivity index (χ1v) is 6.24. The van der Waals surface area contributed by atoms with Crippen molar-refractivity contribution in [1.29, 1.82) is 0 Å². The van der Waals surface area contributed by atoms with Gasteiger partial charge < -0.3 is 20.5 Å². The third kappa shape index (κ3) is 4.27. The molecule has 0 aliphatic rings. The molecule has 1 unspecified atom stereocenters. The second-order valence-electron chi connectivity index (χ2n) is 3.98. The van der Waals surface area contributed by atoms with Crippen molar-refractivity contribution in [2.24, 2.45) is 5.73 Å². The van der Waals surface area contributed by atoms with Gasteiger partial charge in [-0.2, -0.15) is 0 Å². The highest BCUT2D eigenvalue weighted by Crippen LogP contribution is 2.26. The Morgan fingerprint density at radius 3 is 2.76 bits per heavy atom. The summed E-state index contributed by atoms with van der Waals surface area (Å²) in [4.78, 5) is 1.98. The minimum Gasteiger partial charge on any atom is -0.389 e. The number of hydrogen-bond acceptors (Lipinski definition) is 4. The molecule has 5 heteroatoms. The van der Waals surface area contributed by atoms with Crippen LogP contribution in [0.3, 0.4) is 0 Å². The molecule has 17 heavy (non-hydrogen) atoms. The topological polar surface area (TPSA) is 58.7 Å². The maximum absolute atomic E-state index is 9.67. The molecule has 0 fully saturated rings. The standard InChI is InChI=1S/C12H19BrN2O2/c1-15(7-10(16)8-17-2)12-4-3-9(6-14)5-11(12)13/h3-5,10,16H,6-8,14H2,1-2H3. The molecular formula is C12H19BrN2O2. The van der Waals surface area contributed by atoms with Gasteiger partial charge in [-0.25, -0.2) is 0 Å². The van der Waals surface area contributed by atoms with E-state index in [4.69, 9.17) is 10.5 Å². The fraction of sp³-hybridized carbons (Fsp3) is 0.500. The lowest BCUT2D eigenvalue weighted by atomic mass is 10.2. The average molecular weight is 303 g/mol. The quantitative estimate of drug-likeness (QED) is 0.833. The first-order chi connectivity index (χ1) is 8.08. The Labute approximate surface area is 110 Å². The number of rotatable bonds is 6. The monoisotopic (exact) mass is 302 g/mol. The van der Waals surface area contributed by atoms with E-state index in [0.717, 1.165) is 15.7 Å². The number of aliphatic hydroxyl groups is 1. The number of benzene rings is 1. The molecule has 3 N–H and O–H groups in total. The molecule has 96 valence electrons. The normalized spacial score (nSPS) is 12.5. The van der Waals surface area contributed by atoms with Gasteiger partial charge in [-0.15, -0.1) is 0 Å². The molecule has 0 saturated heterocycles. The van der Waals surface area contributed by atoms with Crippen LogP contribution in [0.1, 0.15) is 5.56 Å². The minimum atomic E-state index is -0.494. The van der Waals surface area contributed by atoms with Crippen LogP contribution in [-0.2, 0) is 11.3 Å². The number of likely N-dealkylation sites (N-methyl/N-ethyl adjacent to an activating group) is 1. The van der Waals surface area contributed by atoms with Gasteiger partial charge in [-0.3, -0.25) is 0 Å². The molecule has 0 spiro atoms. The predicted octanol–water partition coefficient (Wildman–Crippen LogP) is 1.35. The highest BCUT2D eigenvalue weighted by molar-refractivity contribution is 9.10. The number of nitrogens with two attached hydrogens (primary N) is 1. The molecule has 0 aliphatic heterocycles. The van der Waals surface area contributed by atoms with Crippen LogP contribution in [0.5, 0.6) is 0 Å². The van der Waals surface area contributed by atoms with Gasteiger partial charge in [-0.1, -0.05) is 6.07 Å². The average Bonchev–Trinajstić information content (AvgIpc) is 2.28. The highest BCUT2D eigenvalue weighted by Gasteiger charge is 2.11. The summed E-state index contributed by atoms with van der Waals surface area (Å²) < 4.78 is 5.88. The summed E-state index contributed by atoms with van der Waals surface area (Å²) in [7, 11) is 3.51. The van der Waals surface area contributed by atoms with Crippen LogP contribution in [0.2, 0.25) is 0 Å². The number of nitrogens with zero attached hydrogens (tertiary/aromatic N) is 1. The number of methoxy groups -OCH3 is 1. The molecule has 0 aliphatic carbocycles. The van der Waals surface area contributed by atoms with Gasteiger partial charge >= 0.3 is 0 Å². The van der Waals surface area contributed by atoms with E-state index >= 15 is 0 Å². The van der Waals surface area contributed by atoms with Crippen molar-refractivity contribution < 1.29 is 9.84 Å². The third-order valence-electron chi connectivity index (χ3n) is 2.50. The molecule has 0 saturated carbocycles. The maximum atomic E-state index is 9.67. The van der Waals surface area contributed by atoms with E-state index in [-0.39, 0.29) is 0 Å². The number of halogens is 1. The summed E-state index contributed by atoms with van der Waals surface area (Å²) in [6.07, 6.45) is -0.494. The molecule has 1 aromatic carbocycles. The summed E-state index contributed by atoms with van der Waals surface area (Å²) in [5.41, 5.74) is 7.67. The fourth-order valence-electron chi connectivity index (χ4n) is 1.65. The largest absolute Gasteiger partial charge is 0.389 e. The second kappa shape index (κ2) is 6.96. The Kier molecular flexibility index (Phi) is 5.91. The Morgan fingerprint density at radius 2 is 2.24 bits per heavy atom. The Hall–Kier alpha value is -0.620. The van der Waals surface area contributed by atoms with E-state index < -0.39 is 6.10 Å². The van der Waals surface area contributed by atoms with Gasteiger partial charge in [0.2, 0.25) is 0 Å². The lowest BCUT2D eigenvalue weighted by Gasteiger charge is -2.23. The second-order valence-corrected chi connectivity index (χ2v) is 4.83. The van der Waals surface area contributed by atoms with Crippen LogP contribution in [0.25, 0.3) is 0 Å². The molecular weight excluding hydrogens is 284 g/mol. The third-order valence-corrected chi connectivity index (χ3v) is 3.14. The molecule has 0 amide bonds. The molecule has 0 heterocycles. The summed E-state index contributed by atoms with van der Waals surface area (Å²) >= 11 is 3.51. The van der Waals surface area contributed by atoms with Crippen LogP contribution in [-0.4, -0.2) is 38.5 Å². The van der Waals surface area contributed by atoms with Crippen molar-refractivity contribution in [3.63, 3.8) is 0 Å². The van der Waals surface area contributed by atoms with Crippen LogP contribution in [0, 0.1) is 0 Å². The maximum Gasteiger partial charge on any atom is 0.0947 e. The van der Waals surface area contributed by atoms with Gasteiger partial charge in [0, 0.05) is 31.7 Å². The summed E-state index contributed by atoms with van der Waals surface area (Å²) in [6.45, 7) is 1.38. The zero-order chi connectivity index (χ0) is 12.8. The minimum absolute atomic E-state index is 0.336. The van der Waals surface area contributed by atoms with Gasteiger partial charge in [-0.05, 0) is 33.6 Å². The van der Waals surface area contributed by atoms with E-state index in [1.807, 2.05) is 30.1 Å². The SMILES string of the molecule is COCC(O)CN(C)c1ccc(CN)cc1Br. The van der Waals surface area contributed by atoms with Gasteiger partial charge in [0.25, 0.3) is 0 Å². The zero-order valence-corrected chi connectivity index (χ0v) is 11.8. The Bertz CT molecular complexity index is 360. The van der Waals surface area contributed by atoms with Gasteiger partial charge in [0.05, 0.1) is 18.4 Å². The predicted molar refractivity (Wildman–Crippen MR) is 73.2 cm³/mol. The first-order valence-electron chi connectivity index (χ1n) is 5.45.